The fraction of sp³-hybridized carbons (Fsp3) is 0.450. The van der Waals surface area contributed by atoms with Gasteiger partial charge in [-0.15, -0.1) is 0 Å². The maximum Gasteiger partial charge on any atom is 0.330 e. The van der Waals surface area contributed by atoms with Gasteiger partial charge in [0.25, 0.3) is 5.56 Å². The quantitative estimate of drug-likeness (QED) is 0.563. The van der Waals surface area contributed by atoms with Gasteiger partial charge in [-0.25, -0.2) is 4.79 Å². The summed E-state index contributed by atoms with van der Waals surface area (Å²) in [6, 6.07) is 4.89. The summed E-state index contributed by atoms with van der Waals surface area (Å²) in [5, 5.41) is 0.710. The summed E-state index contributed by atoms with van der Waals surface area (Å²) in [7, 11) is 1.55. The highest BCUT2D eigenvalue weighted by atomic mass is 35.5. The van der Waals surface area contributed by atoms with Crippen molar-refractivity contribution >= 4 is 40.6 Å². The number of rotatable bonds is 9. The Kier molecular flexibility index (Phi) is 8.52. The lowest BCUT2D eigenvalue weighted by atomic mass is 10.1. The fourth-order valence-electron chi connectivity index (χ4n) is 3.03. The van der Waals surface area contributed by atoms with Crippen molar-refractivity contribution in [3.05, 3.63) is 54.6 Å². The van der Waals surface area contributed by atoms with Crippen LogP contribution >= 0.6 is 23.2 Å². The van der Waals surface area contributed by atoms with Crippen LogP contribution in [0, 0.1) is 5.92 Å². The van der Waals surface area contributed by atoms with Gasteiger partial charge >= 0.3 is 5.69 Å². The molecule has 1 aromatic heterocycles. The van der Waals surface area contributed by atoms with E-state index in [0.717, 1.165) is 0 Å². The van der Waals surface area contributed by atoms with Crippen molar-refractivity contribution in [1.82, 2.24) is 9.55 Å². The molecule has 0 unspecified atom stereocenters. The van der Waals surface area contributed by atoms with E-state index < -0.39 is 11.2 Å². The van der Waals surface area contributed by atoms with Gasteiger partial charge in [-0.1, -0.05) is 43.1 Å². The second-order valence-corrected chi connectivity index (χ2v) is 8.13. The smallest absolute Gasteiger partial charge is 0.330 e. The van der Waals surface area contributed by atoms with Gasteiger partial charge in [-0.2, -0.15) is 0 Å². The van der Waals surface area contributed by atoms with Crippen LogP contribution in [0.2, 0.25) is 10.0 Å². The molecule has 0 atom stereocenters. The molecule has 1 heterocycles. The van der Waals surface area contributed by atoms with Crippen molar-refractivity contribution < 1.29 is 9.53 Å². The summed E-state index contributed by atoms with van der Waals surface area (Å²) in [4.78, 5) is 41.6. The van der Waals surface area contributed by atoms with Crippen LogP contribution in [0.1, 0.15) is 25.8 Å². The molecular weight excluding hydrogens is 431 g/mol. The third-order valence-electron chi connectivity index (χ3n) is 4.40. The Labute approximate surface area is 184 Å². The lowest BCUT2D eigenvalue weighted by molar-refractivity contribution is -0.118. The van der Waals surface area contributed by atoms with Gasteiger partial charge in [0.05, 0.1) is 16.5 Å². The van der Waals surface area contributed by atoms with Crippen LogP contribution in [0.15, 0.2) is 27.8 Å². The number of amides is 1. The molecule has 0 aliphatic carbocycles. The topological polar surface area (TPSA) is 110 Å². The minimum absolute atomic E-state index is 0.0218. The van der Waals surface area contributed by atoms with Crippen LogP contribution in [-0.4, -0.2) is 35.7 Å². The lowest BCUT2D eigenvalue weighted by Gasteiger charge is -2.25. The minimum atomic E-state index is -0.711. The molecule has 1 aromatic carbocycles. The first-order valence-electron chi connectivity index (χ1n) is 9.51. The van der Waals surface area contributed by atoms with E-state index in [-0.39, 0.29) is 36.3 Å². The number of nitrogens with one attached hydrogen (secondary N) is 1. The zero-order valence-electron chi connectivity index (χ0n) is 17.2. The number of nitrogens with two attached hydrogens (primary N) is 1. The van der Waals surface area contributed by atoms with Crippen LogP contribution in [-0.2, 0) is 22.5 Å². The van der Waals surface area contributed by atoms with Gasteiger partial charge in [-0.05, 0) is 30.0 Å². The number of H-pyrrole nitrogens is 1. The number of nitrogens with zero attached hydrogens (tertiary/aromatic N) is 2. The summed E-state index contributed by atoms with van der Waals surface area (Å²) < 4.78 is 6.34. The molecule has 0 spiro atoms. The number of benzene rings is 1. The number of methoxy groups -OCH3 is 1. The average molecular weight is 457 g/mol. The molecule has 0 saturated heterocycles. The Morgan fingerprint density at radius 3 is 2.57 bits per heavy atom. The van der Waals surface area contributed by atoms with Crippen LogP contribution in [0.3, 0.4) is 0 Å². The summed E-state index contributed by atoms with van der Waals surface area (Å²) in [5.41, 5.74) is 5.47. The minimum Gasteiger partial charge on any atom is -0.385 e. The predicted molar refractivity (Wildman–Crippen MR) is 120 cm³/mol. The molecule has 2 rings (SSSR count). The van der Waals surface area contributed by atoms with Crippen LogP contribution in [0.5, 0.6) is 0 Å². The van der Waals surface area contributed by atoms with Crippen molar-refractivity contribution in [3.8, 4) is 0 Å². The lowest BCUT2D eigenvalue weighted by Crippen LogP contribution is -2.42. The van der Waals surface area contributed by atoms with E-state index >= 15 is 0 Å². The third kappa shape index (κ3) is 5.87. The number of carbonyl (C=O) groups is 1. The Hall–Kier alpha value is -2.29. The third-order valence-corrected chi connectivity index (χ3v) is 5.14. The first-order valence-corrected chi connectivity index (χ1v) is 10.3. The van der Waals surface area contributed by atoms with E-state index in [9.17, 15) is 14.4 Å². The largest absolute Gasteiger partial charge is 0.385 e. The number of hydrogen-bond donors (Lipinski definition) is 2. The Balaban J connectivity index is 2.47. The number of aromatic nitrogens is 2. The zero-order valence-corrected chi connectivity index (χ0v) is 18.7. The highest BCUT2D eigenvalue weighted by Crippen LogP contribution is 2.24. The SMILES string of the molecule is COCCCN(C(=O)Cc1ccc(Cl)c(Cl)c1)c1c(N)n(CC(C)C)c(=O)[nH]c1=O. The van der Waals surface area contributed by atoms with E-state index in [1.165, 1.54) is 9.47 Å². The molecular formula is C20H26Cl2N4O4. The normalized spacial score (nSPS) is 11.1. The molecule has 164 valence electrons. The number of aromatic amines is 1. The molecule has 8 nitrogen and oxygen atoms in total. The fourth-order valence-corrected chi connectivity index (χ4v) is 3.35. The maximum atomic E-state index is 13.1. The summed E-state index contributed by atoms with van der Waals surface area (Å²) in [6.45, 7) is 4.73. The Bertz CT molecular complexity index is 1020. The van der Waals surface area contributed by atoms with Gasteiger partial charge in [0.2, 0.25) is 5.91 Å². The van der Waals surface area contributed by atoms with E-state index in [1.807, 2.05) is 13.8 Å². The van der Waals surface area contributed by atoms with Gasteiger partial charge in [0.15, 0.2) is 5.69 Å². The number of carbonyl (C=O) groups excluding carboxylic acids is 1. The summed E-state index contributed by atoms with van der Waals surface area (Å²) >= 11 is 12.0. The van der Waals surface area contributed by atoms with Gasteiger partial charge in [0, 0.05) is 26.8 Å². The first kappa shape index (κ1) is 24.0. The van der Waals surface area contributed by atoms with Crippen molar-refractivity contribution in [1.29, 1.82) is 0 Å². The average Bonchev–Trinajstić information content (AvgIpc) is 2.66. The summed E-state index contributed by atoms with van der Waals surface area (Å²) in [6.07, 6.45) is 0.456. The zero-order chi connectivity index (χ0) is 22.4. The number of hydrogen-bond acceptors (Lipinski definition) is 5. The molecule has 0 saturated carbocycles. The first-order chi connectivity index (χ1) is 14.1. The molecule has 2 aromatic rings. The van der Waals surface area contributed by atoms with Crippen molar-refractivity contribution in [2.24, 2.45) is 5.92 Å². The highest BCUT2D eigenvalue weighted by molar-refractivity contribution is 6.42. The Morgan fingerprint density at radius 1 is 1.27 bits per heavy atom. The molecule has 1 amide bonds. The second-order valence-electron chi connectivity index (χ2n) is 7.31. The molecule has 0 aliphatic heterocycles. The molecule has 0 fully saturated rings. The molecule has 0 radical (unpaired) electrons. The van der Waals surface area contributed by atoms with Crippen molar-refractivity contribution in [3.63, 3.8) is 0 Å². The summed E-state index contributed by atoms with van der Waals surface area (Å²) in [5.74, 6) is -0.300. The van der Waals surface area contributed by atoms with Crippen LogP contribution < -0.4 is 21.9 Å². The van der Waals surface area contributed by atoms with E-state index in [4.69, 9.17) is 33.7 Å². The number of nitrogen functional groups attached to an aromatic ring is 1. The highest BCUT2D eigenvalue weighted by Gasteiger charge is 2.24. The monoisotopic (exact) mass is 456 g/mol. The van der Waals surface area contributed by atoms with E-state index in [1.54, 1.807) is 25.3 Å². The van der Waals surface area contributed by atoms with Gasteiger partial charge in [-0.3, -0.25) is 19.1 Å². The Morgan fingerprint density at radius 2 is 1.97 bits per heavy atom. The van der Waals surface area contributed by atoms with E-state index in [0.29, 0.717) is 35.2 Å². The maximum absolute atomic E-state index is 13.1. The predicted octanol–water partition coefficient (Wildman–Crippen LogP) is 2.69. The second kappa shape index (κ2) is 10.7. The van der Waals surface area contributed by atoms with Crippen molar-refractivity contribution in [2.45, 2.75) is 33.2 Å². The molecule has 0 aliphatic rings. The van der Waals surface area contributed by atoms with E-state index in [2.05, 4.69) is 4.98 Å². The van der Waals surface area contributed by atoms with Crippen molar-refractivity contribution in [2.75, 3.05) is 30.9 Å². The number of anilines is 2. The van der Waals surface area contributed by atoms with Crippen LogP contribution in [0.25, 0.3) is 0 Å². The molecule has 30 heavy (non-hydrogen) atoms. The van der Waals surface area contributed by atoms with Gasteiger partial charge < -0.3 is 15.4 Å². The number of halogens is 2. The molecule has 0 bridgehead atoms. The standard InChI is InChI=1S/C20H26Cl2N4O4/c1-12(2)11-26-18(23)17(19(28)24-20(26)29)25(7-4-8-30-3)16(27)10-13-5-6-14(21)15(22)9-13/h5-6,9,12H,4,7-8,10-11,23H2,1-3H3,(H,24,28,29). The van der Waals surface area contributed by atoms with Gasteiger partial charge in [0.1, 0.15) is 5.82 Å². The molecule has 10 heteroatoms. The number of ether oxygens (including phenoxy) is 1. The van der Waals surface area contributed by atoms with Crippen LogP contribution in [0.4, 0.5) is 11.5 Å². The molecule has 3 N–H and O–H groups in total.